The Bertz CT molecular complexity index is 586. The van der Waals surface area contributed by atoms with Crippen molar-refractivity contribution in [2.24, 2.45) is 5.73 Å². The number of nitrogens with one attached hydrogen (secondary N) is 1. The lowest BCUT2D eigenvalue weighted by Gasteiger charge is -2.01. The van der Waals surface area contributed by atoms with E-state index in [1.165, 1.54) is 4.68 Å². The van der Waals surface area contributed by atoms with Crippen LogP contribution in [0.2, 0.25) is 0 Å². The predicted molar refractivity (Wildman–Crippen MR) is 71.4 cm³/mol. The minimum absolute atomic E-state index is 0.0672. The van der Waals surface area contributed by atoms with E-state index in [0.717, 1.165) is 22.3 Å². The molecule has 5 heteroatoms. The first kappa shape index (κ1) is 12.1. The fourth-order valence-corrected chi connectivity index (χ4v) is 2.20. The number of nitrogens with zero attached hydrogens (tertiary/aromatic N) is 1. The molecule has 3 N–H and O–H groups in total. The topological polar surface area (TPSA) is 63.8 Å². The zero-order valence-corrected chi connectivity index (χ0v) is 11.1. The summed E-state index contributed by atoms with van der Waals surface area (Å²) in [6.45, 7) is 2.26. The first-order valence-electron chi connectivity index (χ1n) is 5.46. The normalized spacial score (nSPS) is 10.8. The van der Waals surface area contributed by atoms with E-state index < -0.39 is 0 Å². The molecule has 0 radical (unpaired) electrons. The van der Waals surface area contributed by atoms with Crippen LogP contribution < -0.4 is 11.3 Å². The fraction of sp³-hybridized carbons (Fsp3) is 0.250. The van der Waals surface area contributed by atoms with Crippen molar-refractivity contribution >= 4 is 15.9 Å². The van der Waals surface area contributed by atoms with Crippen LogP contribution in [0.1, 0.15) is 18.2 Å². The van der Waals surface area contributed by atoms with E-state index in [2.05, 4.69) is 21.0 Å². The number of aryl methyl sites for hydroxylation is 1. The summed E-state index contributed by atoms with van der Waals surface area (Å²) in [5, 5.41) is 3.10. The van der Waals surface area contributed by atoms with Gasteiger partial charge in [-0.15, -0.1) is 0 Å². The molecule has 1 heterocycles. The van der Waals surface area contributed by atoms with Crippen LogP contribution in [0, 0.1) is 0 Å². The van der Waals surface area contributed by atoms with Crippen molar-refractivity contribution in [1.29, 1.82) is 0 Å². The van der Waals surface area contributed by atoms with E-state index in [-0.39, 0.29) is 12.1 Å². The van der Waals surface area contributed by atoms with E-state index in [1.807, 2.05) is 31.2 Å². The second-order valence-electron chi connectivity index (χ2n) is 3.75. The molecule has 0 saturated heterocycles. The highest BCUT2D eigenvalue weighted by Crippen LogP contribution is 2.14. The van der Waals surface area contributed by atoms with Gasteiger partial charge < -0.3 is 5.73 Å². The molecule has 4 nitrogen and oxygen atoms in total. The van der Waals surface area contributed by atoms with Gasteiger partial charge in [0.1, 0.15) is 0 Å². The van der Waals surface area contributed by atoms with Gasteiger partial charge in [0.25, 0.3) is 5.56 Å². The first-order chi connectivity index (χ1) is 8.17. The Hall–Kier alpha value is -1.33. The molecule has 0 aliphatic heterocycles. The van der Waals surface area contributed by atoms with Gasteiger partial charge in [0.05, 0.1) is 11.3 Å². The van der Waals surface area contributed by atoms with Crippen molar-refractivity contribution in [3.63, 3.8) is 0 Å². The molecule has 1 aromatic carbocycles. The summed E-state index contributed by atoms with van der Waals surface area (Å²) in [6.07, 6.45) is 0.767. The standard InChI is InChI=1S/C12H14BrN3O/c1-2-11-10(7-14)12(17)16(15-11)9-5-3-4-8(13)6-9/h3-6,15H,2,7,14H2,1H3. The highest BCUT2D eigenvalue weighted by molar-refractivity contribution is 9.10. The zero-order chi connectivity index (χ0) is 12.4. The van der Waals surface area contributed by atoms with Crippen LogP contribution in [-0.4, -0.2) is 9.78 Å². The minimum atomic E-state index is -0.0672. The summed E-state index contributed by atoms with van der Waals surface area (Å²) in [5.74, 6) is 0. The van der Waals surface area contributed by atoms with E-state index >= 15 is 0 Å². The second kappa shape index (κ2) is 4.89. The van der Waals surface area contributed by atoms with Gasteiger partial charge >= 0.3 is 0 Å². The maximum atomic E-state index is 12.1. The van der Waals surface area contributed by atoms with Crippen molar-refractivity contribution in [3.05, 3.63) is 50.3 Å². The highest BCUT2D eigenvalue weighted by Gasteiger charge is 2.12. The Kier molecular flexibility index (Phi) is 3.49. The van der Waals surface area contributed by atoms with Crippen molar-refractivity contribution in [1.82, 2.24) is 9.78 Å². The molecule has 0 aliphatic rings. The highest BCUT2D eigenvalue weighted by atomic mass is 79.9. The van der Waals surface area contributed by atoms with Crippen LogP contribution in [0.25, 0.3) is 5.69 Å². The molecule has 1 aromatic heterocycles. The van der Waals surface area contributed by atoms with Crippen molar-refractivity contribution in [2.75, 3.05) is 0 Å². The van der Waals surface area contributed by atoms with Crippen LogP contribution in [-0.2, 0) is 13.0 Å². The second-order valence-corrected chi connectivity index (χ2v) is 4.66. The molecule has 2 rings (SSSR count). The lowest BCUT2D eigenvalue weighted by Crippen LogP contribution is -2.19. The smallest absolute Gasteiger partial charge is 0.275 e. The van der Waals surface area contributed by atoms with Crippen LogP contribution in [0.15, 0.2) is 33.5 Å². The quantitative estimate of drug-likeness (QED) is 0.909. The maximum Gasteiger partial charge on any atom is 0.275 e. The first-order valence-corrected chi connectivity index (χ1v) is 6.25. The molecule has 0 bridgehead atoms. The van der Waals surface area contributed by atoms with Gasteiger partial charge in [-0.2, -0.15) is 0 Å². The van der Waals surface area contributed by atoms with Crippen LogP contribution in [0.4, 0.5) is 0 Å². The molecular weight excluding hydrogens is 282 g/mol. The van der Waals surface area contributed by atoms with Gasteiger partial charge in [-0.1, -0.05) is 28.9 Å². The SMILES string of the molecule is CCc1[nH]n(-c2cccc(Br)c2)c(=O)c1CN. The third-order valence-corrected chi connectivity index (χ3v) is 3.19. The Morgan fingerprint density at radius 1 is 1.47 bits per heavy atom. The largest absolute Gasteiger partial charge is 0.326 e. The number of halogens is 1. The number of rotatable bonds is 3. The van der Waals surface area contributed by atoms with Gasteiger partial charge in [-0.05, 0) is 24.6 Å². The number of hydrogen-bond acceptors (Lipinski definition) is 2. The summed E-state index contributed by atoms with van der Waals surface area (Å²) in [6, 6.07) is 7.57. The Balaban J connectivity index is 2.61. The Morgan fingerprint density at radius 3 is 2.76 bits per heavy atom. The lowest BCUT2D eigenvalue weighted by molar-refractivity contribution is 0.819. The van der Waals surface area contributed by atoms with Crippen molar-refractivity contribution in [3.8, 4) is 5.69 Å². The summed E-state index contributed by atoms with van der Waals surface area (Å²) in [7, 11) is 0. The van der Waals surface area contributed by atoms with E-state index in [9.17, 15) is 4.79 Å². The molecular formula is C12H14BrN3O. The molecule has 0 spiro atoms. The Labute approximate surface area is 108 Å². The summed E-state index contributed by atoms with van der Waals surface area (Å²) >= 11 is 3.39. The molecule has 2 aromatic rings. The third-order valence-electron chi connectivity index (χ3n) is 2.70. The van der Waals surface area contributed by atoms with Gasteiger partial charge in [0.2, 0.25) is 0 Å². The van der Waals surface area contributed by atoms with E-state index in [0.29, 0.717) is 5.56 Å². The summed E-state index contributed by atoms with van der Waals surface area (Å²) < 4.78 is 2.47. The van der Waals surface area contributed by atoms with Gasteiger partial charge in [0.15, 0.2) is 0 Å². The zero-order valence-electron chi connectivity index (χ0n) is 9.53. The van der Waals surface area contributed by atoms with Crippen LogP contribution in [0.3, 0.4) is 0 Å². The minimum Gasteiger partial charge on any atom is -0.326 e. The van der Waals surface area contributed by atoms with Crippen molar-refractivity contribution in [2.45, 2.75) is 19.9 Å². The molecule has 0 fully saturated rings. The molecule has 17 heavy (non-hydrogen) atoms. The van der Waals surface area contributed by atoms with Gasteiger partial charge in [0, 0.05) is 16.7 Å². The van der Waals surface area contributed by atoms with Crippen LogP contribution in [0.5, 0.6) is 0 Å². The number of benzene rings is 1. The molecule has 0 unspecified atom stereocenters. The molecule has 0 saturated carbocycles. The lowest BCUT2D eigenvalue weighted by atomic mass is 10.2. The monoisotopic (exact) mass is 295 g/mol. The number of H-pyrrole nitrogens is 1. The number of hydrogen-bond donors (Lipinski definition) is 2. The maximum absolute atomic E-state index is 12.1. The third kappa shape index (κ3) is 2.21. The molecule has 90 valence electrons. The van der Waals surface area contributed by atoms with Gasteiger partial charge in [-0.25, -0.2) is 4.68 Å². The molecule has 0 aliphatic carbocycles. The van der Waals surface area contributed by atoms with Crippen LogP contribution >= 0.6 is 15.9 Å². The average molecular weight is 296 g/mol. The van der Waals surface area contributed by atoms with E-state index in [1.54, 1.807) is 0 Å². The summed E-state index contributed by atoms with van der Waals surface area (Å²) in [4.78, 5) is 12.1. The number of nitrogens with two attached hydrogens (primary N) is 1. The average Bonchev–Trinajstić information content (AvgIpc) is 2.65. The molecule has 0 amide bonds. The predicted octanol–water partition coefficient (Wildman–Crippen LogP) is 1.95. The number of aromatic amines is 1. The fourth-order valence-electron chi connectivity index (χ4n) is 1.82. The molecule has 0 atom stereocenters. The summed E-state index contributed by atoms with van der Waals surface area (Å²) in [5.41, 5.74) is 7.90. The number of aromatic nitrogens is 2. The Morgan fingerprint density at radius 2 is 2.24 bits per heavy atom. The van der Waals surface area contributed by atoms with Gasteiger partial charge in [-0.3, -0.25) is 9.89 Å². The van der Waals surface area contributed by atoms with E-state index in [4.69, 9.17) is 5.73 Å². The van der Waals surface area contributed by atoms with Crippen molar-refractivity contribution < 1.29 is 0 Å².